The molecule has 1 aliphatic carbocycles. The summed E-state index contributed by atoms with van der Waals surface area (Å²) >= 11 is 0. The van der Waals surface area contributed by atoms with Gasteiger partial charge in [-0.25, -0.2) is 4.98 Å². The number of benzene rings is 1. The quantitative estimate of drug-likeness (QED) is 0.415. The van der Waals surface area contributed by atoms with Crippen LogP contribution in [0.3, 0.4) is 0 Å². The van der Waals surface area contributed by atoms with E-state index < -0.39 is 4.92 Å². The molecule has 0 radical (unpaired) electrons. The lowest BCUT2D eigenvalue weighted by Crippen LogP contribution is -2.09. The Hall–Kier alpha value is -2.96. The van der Waals surface area contributed by atoms with Crippen LogP contribution in [0.25, 0.3) is 0 Å². The molecule has 3 rings (SSSR count). The number of nitro groups is 1. The van der Waals surface area contributed by atoms with E-state index in [1.165, 1.54) is 24.7 Å². The average molecular weight is 368 g/mol. The topological polar surface area (TPSA) is 90.2 Å². The van der Waals surface area contributed by atoms with Crippen LogP contribution in [-0.2, 0) is 0 Å². The number of hydrogen-bond donors (Lipinski definition) is 1. The Morgan fingerprint density at radius 1 is 1.19 bits per heavy atom. The standard InChI is InChI=1S/C20H24N4O3/c1-14-10-15(2)12-17(11-14)27-20-18(24(25)26)19(22-13-23-20)21-9-8-16-6-4-3-5-7-16/h6,10-13H,3-5,7-9H2,1-2H3,(H,21,22,23). The molecule has 0 amide bonds. The Labute approximate surface area is 158 Å². The monoisotopic (exact) mass is 368 g/mol. The van der Waals surface area contributed by atoms with Gasteiger partial charge in [-0.1, -0.05) is 17.7 Å². The van der Waals surface area contributed by atoms with Crippen molar-refractivity contribution in [2.45, 2.75) is 46.0 Å². The zero-order chi connectivity index (χ0) is 19.2. The number of hydrogen-bond acceptors (Lipinski definition) is 6. The highest BCUT2D eigenvalue weighted by Crippen LogP contribution is 2.34. The normalized spacial score (nSPS) is 13.8. The second-order valence-electron chi connectivity index (χ2n) is 6.84. The molecule has 0 atom stereocenters. The van der Waals surface area contributed by atoms with Gasteiger partial charge in [0.1, 0.15) is 12.1 Å². The third kappa shape index (κ3) is 5.03. The third-order valence-corrected chi connectivity index (χ3v) is 4.50. The van der Waals surface area contributed by atoms with Crippen molar-refractivity contribution in [1.82, 2.24) is 9.97 Å². The molecule has 0 saturated carbocycles. The maximum Gasteiger partial charge on any atom is 0.373 e. The van der Waals surface area contributed by atoms with Gasteiger partial charge in [0, 0.05) is 6.54 Å². The van der Waals surface area contributed by atoms with E-state index in [-0.39, 0.29) is 17.4 Å². The highest BCUT2D eigenvalue weighted by atomic mass is 16.6. The number of allylic oxidation sites excluding steroid dienone is 1. The van der Waals surface area contributed by atoms with Crippen molar-refractivity contribution in [2.75, 3.05) is 11.9 Å². The first-order valence-corrected chi connectivity index (χ1v) is 9.20. The summed E-state index contributed by atoms with van der Waals surface area (Å²) < 4.78 is 5.73. The van der Waals surface area contributed by atoms with Crippen molar-refractivity contribution in [1.29, 1.82) is 0 Å². The molecule has 0 saturated heterocycles. The Morgan fingerprint density at radius 2 is 1.96 bits per heavy atom. The van der Waals surface area contributed by atoms with Crippen molar-refractivity contribution >= 4 is 11.5 Å². The summed E-state index contributed by atoms with van der Waals surface area (Å²) in [5, 5.41) is 14.7. The smallest absolute Gasteiger partial charge is 0.373 e. The van der Waals surface area contributed by atoms with Gasteiger partial charge in [0.05, 0.1) is 4.92 Å². The van der Waals surface area contributed by atoms with Gasteiger partial charge in [-0.15, -0.1) is 0 Å². The molecule has 27 heavy (non-hydrogen) atoms. The first kappa shape index (κ1) is 18.8. The number of aromatic nitrogens is 2. The lowest BCUT2D eigenvalue weighted by Gasteiger charge is -2.13. The van der Waals surface area contributed by atoms with E-state index in [4.69, 9.17) is 4.74 Å². The summed E-state index contributed by atoms with van der Waals surface area (Å²) in [6.07, 6.45) is 9.10. The first-order valence-electron chi connectivity index (χ1n) is 9.20. The minimum atomic E-state index is -0.500. The summed E-state index contributed by atoms with van der Waals surface area (Å²) in [6.45, 7) is 4.48. The molecule has 1 heterocycles. The number of nitrogens with one attached hydrogen (secondary N) is 1. The summed E-state index contributed by atoms with van der Waals surface area (Å²) in [5.74, 6) is 0.651. The molecule has 1 aromatic heterocycles. The van der Waals surface area contributed by atoms with Crippen LogP contribution in [0.2, 0.25) is 0 Å². The third-order valence-electron chi connectivity index (χ3n) is 4.50. The molecule has 7 heteroatoms. The number of aryl methyl sites for hydroxylation is 2. The molecule has 0 bridgehead atoms. The maximum absolute atomic E-state index is 11.6. The molecule has 1 aromatic carbocycles. The number of rotatable bonds is 7. The molecule has 142 valence electrons. The number of nitrogens with zero attached hydrogens (tertiary/aromatic N) is 3. The lowest BCUT2D eigenvalue weighted by atomic mass is 9.97. The van der Waals surface area contributed by atoms with Crippen molar-refractivity contribution in [2.24, 2.45) is 0 Å². The molecule has 0 unspecified atom stereocenters. The fraction of sp³-hybridized carbons (Fsp3) is 0.400. The fourth-order valence-corrected chi connectivity index (χ4v) is 3.31. The van der Waals surface area contributed by atoms with Crippen LogP contribution < -0.4 is 10.1 Å². The number of anilines is 1. The molecular weight excluding hydrogens is 344 g/mol. The zero-order valence-electron chi connectivity index (χ0n) is 15.7. The van der Waals surface area contributed by atoms with Gasteiger partial charge in [-0.3, -0.25) is 10.1 Å². The van der Waals surface area contributed by atoms with Gasteiger partial charge < -0.3 is 10.1 Å². The Bertz CT molecular complexity index is 844. The van der Waals surface area contributed by atoms with E-state index in [2.05, 4.69) is 21.4 Å². The minimum absolute atomic E-state index is 0.0561. The van der Waals surface area contributed by atoms with Crippen molar-refractivity contribution in [3.8, 4) is 11.6 Å². The number of ether oxygens (including phenoxy) is 1. The average Bonchev–Trinajstić information content (AvgIpc) is 2.61. The molecule has 0 fully saturated rings. The van der Waals surface area contributed by atoms with Crippen LogP contribution in [0, 0.1) is 24.0 Å². The second kappa shape index (κ2) is 8.62. The maximum atomic E-state index is 11.6. The highest BCUT2D eigenvalue weighted by molar-refractivity contribution is 5.62. The van der Waals surface area contributed by atoms with Crippen molar-refractivity contribution in [3.63, 3.8) is 0 Å². The van der Waals surface area contributed by atoms with Crippen molar-refractivity contribution in [3.05, 3.63) is 57.4 Å². The van der Waals surface area contributed by atoms with Gasteiger partial charge in [0.25, 0.3) is 0 Å². The van der Waals surface area contributed by atoms with Crippen LogP contribution in [0.15, 0.2) is 36.2 Å². The van der Waals surface area contributed by atoms with E-state index in [0.29, 0.717) is 12.3 Å². The van der Waals surface area contributed by atoms with E-state index >= 15 is 0 Å². The van der Waals surface area contributed by atoms with E-state index in [0.717, 1.165) is 30.4 Å². The van der Waals surface area contributed by atoms with Gasteiger partial charge in [-0.05, 0) is 69.2 Å². The molecule has 1 aliphatic rings. The minimum Gasteiger partial charge on any atom is -0.434 e. The molecule has 1 N–H and O–H groups in total. The predicted octanol–water partition coefficient (Wildman–Crippen LogP) is 5.10. The fourth-order valence-electron chi connectivity index (χ4n) is 3.31. The van der Waals surface area contributed by atoms with E-state index in [9.17, 15) is 10.1 Å². The Balaban J connectivity index is 1.77. The van der Waals surface area contributed by atoms with Crippen LogP contribution in [-0.4, -0.2) is 21.4 Å². The lowest BCUT2D eigenvalue weighted by molar-refractivity contribution is -0.385. The van der Waals surface area contributed by atoms with E-state index in [1.54, 1.807) is 0 Å². The van der Waals surface area contributed by atoms with Gasteiger partial charge in [0.2, 0.25) is 5.82 Å². The van der Waals surface area contributed by atoms with Crippen LogP contribution in [0.5, 0.6) is 11.6 Å². The van der Waals surface area contributed by atoms with Gasteiger partial charge in [0.15, 0.2) is 0 Å². The summed E-state index contributed by atoms with van der Waals surface area (Å²) in [5.41, 5.74) is 3.19. The molecule has 0 spiro atoms. The largest absolute Gasteiger partial charge is 0.434 e. The molecule has 0 aliphatic heterocycles. The van der Waals surface area contributed by atoms with Crippen molar-refractivity contribution < 1.29 is 9.66 Å². The molecule has 7 nitrogen and oxygen atoms in total. The first-order chi connectivity index (χ1) is 13.0. The Morgan fingerprint density at radius 3 is 2.63 bits per heavy atom. The summed E-state index contributed by atoms with van der Waals surface area (Å²) in [7, 11) is 0. The van der Waals surface area contributed by atoms with Gasteiger partial charge in [-0.2, -0.15) is 4.98 Å². The Kier molecular flexibility index (Phi) is 6.01. The summed E-state index contributed by atoms with van der Waals surface area (Å²) in [6, 6.07) is 5.65. The highest BCUT2D eigenvalue weighted by Gasteiger charge is 2.25. The van der Waals surface area contributed by atoms with E-state index in [1.807, 2.05) is 32.0 Å². The van der Waals surface area contributed by atoms with Crippen LogP contribution in [0.1, 0.15) is 43.2 Å². The van der Waals surface area contributed by atoms with Gasteiger partial charge >= 0.3 is 11.6 Å². The molecule has 2 aromatic rings. The predicted molar refractivity (Wildman–Crippen MR) is 104 cm³/mol. The van der Waals surface area contributed by atoms with Crippen LogP contribution in [0.4, 0.5) is 11.5 Å². The zero-order valence-corrected chi connectivity index (χ0v) is 15.7. The second-order valence-corrected chi connectivity index (χ2v) is 6.84. The SMILES string of the molecule is Cc1cc(C)cc(Oc2ncnc(NCCC3=CCCCC3)c2[N+](=O)[O-])c1. The summed E-state index contributed by atoms with van der Waals surface area (Å²) in [4.78, 5) is 19.2. The molecular formula is C20H24N4O3. The van der Waals surface area contributed by atoms with Crippen LogP contribution >= 0.6 is 0 Å².